The average Bonchev–Trinajstić information content (AvgIpc) is 2.97. The molecule has 6 nitrogen and oxygen atoms in total. The standard InChI is InChI=1S/C20H18N4O2/c1-13-17(15-7-9-21-10-8-15)11-18-19(22-13)24(20(25)23-18)12-14-3-5-16(26-2)6-4-14/h3-11H,12H2,1-2H3,(H,23,25). The van der Waals surface area contributed by atoms with Gasteiger partial charge in [-0.1, -0.05) is 12.1 Å². The second-order valence-corrected chi connectivity index (χ2v) is 6.09. The van der Waals surface area contributed by atoms with Crippen LogP contribution in [0.2, 0.25) is 0 Å². The minimum absolute atomic E-state index is 0.172. The Morgan fingerprint density at radius 2 is 1.85 bits per heavy atom. The summed E-state index contributed by atoms with van der Waals surface area (Å²) in [5.74, 6) is 0.788. The summed E-state index contributed by atoms with van der Waals surface area (Å²) in [6.07, 6.45) is 3.49. The van der Waals surface area contributed by atoms with E-state index in [-0.39, 0.29) is 5.69 Å². The number of hydrogen-bond donors (Lipinski definition) is 1. The lowest BCUT2D eigenvalue weighted by atomic mass is 10.1. The molecule has 0 saturated carbocycles. The van der Waals surface area contributed by atoms with Gasteiger partial charge in [-0.15, -0.1) is 0 Å². The molecule has 6 heteroatoms. The van der Waals surface area contributed by atoms with E-state index in [0.29, 0.717) is 12.2 Å². The normalized spacial score (nSPS) is 11.0. The Morgan fingerprint density at radius 1 is 1.12 bits per heavy atom. The fourth-order valence-electron chi connectivity index (χ4n) is 3.05. The van der Waals surface area contributed by atoms with E-state index in [1.54, 1.807) is 24.1 Å². The molecule has 1 N–H and O–H groups in total. The highest BCUT2D eigenvalue weighted by Gasteiger charge is 2.13. The van der Waals surface area contributed by atoms with Crippen LogP contribution in [0.15, 0.2) is 59.7 Å². The van der Waals surface area contributed by atoms with Crippen LogP contribution in [0.3, 0.4) is 0 Å². The van der Waals surface area contributed by atoms with Gasteiger partial charge < -0.3 is 9.72 Å². The van der Waals surface area contributed by atoms with Crippen molar-refractivity contribution < 1.29 is 4.74 Å². The van der Waals surface area contributed by atoms with Crippen LogP contribution >= 0.6 is 0 Å². The Hall–Kier alpha value is -3.41. The van der Waals surface area contributed by atoms with Gasteiger partial charge in [0.2, 0.25) is 0 Å². The minimum atomic E-state index is -0.172. The molecule has 3 heterocycles. The molecule has 0 saturated heterocycles. The smallest absolute Gasteiger partial charge is 0.327 e. The van der Waals surface area contributed by atoms with Gasteiger partial charge in [-0.05, 0) is 48.4 Å². The van der Waals surface area contributed by atoms with Crippen LogP contribution < -0.4 is 10.4 Å². The minimum Gasteiger partial charge on any atom is -0.497 e. The Morgan fingerprint density at radius 3 is 2.54 bits per heavy atom. The second-order valence-electron chi connectivity index (χ2n) is 6.09. The van der Waals surface area contributed by atoms with Gasteiger partial charge in [0.25, 0.3) is 0 Å². The molecule has 0 spiro atoms. The molecule has 0 radical (unpaired) electrons. The summed E-state index contributed by atoms with van der Waals surface area (Å²) in [5.41, 5.74) is 5.09. The highest BCUT2D eigenvalue weighted by atomic mass is 16.5. The first kappa shape index (κ1) is 16.1. The first-order chi connectivity index (χ1) is 12.7. The number of methoxy groups -OCH3 is 1. The lowest BCUT2D eigenvalue weighted by molar-refractivity contribution is 0.414. The van der Waals surface area contributed by atoms with Crippen molar-refractivity contribution in [3.63, 3.8) is 0 Å². The Balaban J connectivity index is 1.77. The topological polar surface area (TPSA) is 72.8 Å². The molecule has 0 amide bonds. The Kier molecular flexibility index (Phi) is 4.01. The molecular formula is C20H18N4O2. The molecule has 0 atom stereocenters. The third kappa shape index (κ3) is 2.86. The molecule has 0 aliphatic rings. The van der Waals surface area contributed by atoms with Crippen LogP contribution in [0.5, 0.6) is 5.75 Å². The molecule has 0 fully saturated rings. The van der Waals surface area contributed by atoms with Crippen LogP contribution in [0.4, 0.5) is 0 Å². The lowest BCUT2D eigenvalue weighted by Gasteiger charge is -2.08. The van der Waals surface area contributed by atoms with Crippen LogP contribution in [0.25, 0.3) is 22.3 Å². The van der Waals surface area contributed by atoms with Crippen molar-refractivity contribution >= 4 is 11.2 Å². The summed E-state index contributed by atoms with van der Waals surface area (Å²) in [6.45, 7) is 2.40. The first-order valence-electron chi connectivity index (χ1n) is 8.29. The predicted octanol–water partition coefficient (Wildman–Crippen LogP) is 3.15. The molecule has 4 rings (SSSR count). The molecule has 0 bridgehead atoms. The summed E-state index contributed by atoms with van der Waals surface area (Å²) in [7, 11) is 1.63. The quantitative estimate of drug-likeness (QED) is 0.616. The van der Waals surface area contributed by atoms with Crippen LogP contribution in [-0.4, -0.2) is 26.6 Å². The third-order valence-corrected chi connectivity index (χ3v) is 4.43. The summed E-state index contributed by atoms with van der Waals surface area (Å²) < 4.78 is 6.83. The molecule has 130 valence electrons. The van der Waals surface area contributed by atoms with E-state index in [4.69, 9.17) is 4.74 Å². The van der Waals surface area contributed by atoms with Crippen LogP contribution in [0.1, 0.15) is 11.3 Å². The molecule has 3 aromatic heterocycles. The number of aromatic nitrogens is 4. The van der Waals surface area contributed by atoms with Gasteiger partial charge in [0, 0.05) is 23.7 Å². The van der Waals surface area contributed by atoms with Gasteiger partial charge in [-0.25, -0.2) is 9.78 Å². The highest BCUT2D eigenvalue weighted by Crippen LogP contribution is 2.25. The summed E-state index contributed by atoms with van der Waals surface area (Å²) in [5, 5.41) is 0. The molecule has 0 aliphatic carbocycles. The number of ether oxygens (including phenoxy) is 1. The van der Waals surface area contributed by atoms with Crippen LogP contribution in [0, 0.1) is 6.92 Å². The van der Waals surface area contributed by atoms with Crippen molar-refractivity contribution in [2.24, 2.45) is 0 Å². The van der Waals surface area contributed by atoms with Gasteiger partial charge in [-0.2, -0.15) is 0 Å². The largest absolute Gasteiger partial charge is 0.497 e. The van der Waals surface area contributed by atoms with Crippen molar-refractivity contribution in [1.82, 2.24) is 19.5 Å². The number of H-pyrrole nitrogens is 1. The zero-order chi connectivity index (χ0) is 18.1. The van der Waals surface area contributed by atoms with E-state index in [0.717, 1.165) is 33.7 Å². The second kappa shape index (κ2) is 6.48. The number of hydrogen-bond acceptors (Lipinski definition) is 4. The number of aromatic amines is 1. The van der Waals surface area contributed by atoms with Gasteiger partial charge in [0.05, 0.1) is 19.2 Å². The fraction of sp³-hybridized carbons (Fsp3) is 0.150. The van der Waals surface area contributed by atoms with E-state index < -0.39 is 0 Å². The number of benzene rings is 1. The van der Waals surface area contributed by atoms with Crippen molar-refractivity contribution in [3.05, 3.63) is 76.6 Å². The predicted molar refractivity (Wildman–Crippen MR) is 100 cm³/mol. The Labute approximate surface area is 150 Å². The fourth-order valence-corrected chi connectivity index (χ4v) is 3.05. The molecule has 4 aromatic rings. The van der Waals surface area contributed by atoms with Crippen molar-refractivity contribution in [1.29, 1.82) is 0 Å². The Bertz CT molecular complexity index is 1110. The number of imidazole rings is 1. The number of fused-ring (bicyclic) bond motifs is 1. The molecule has 0 unspecified atom stereocenters. The maximum Gasteiger partial charge on any atom is 0.327 e. The van der Waals surface area contributed by atoms with Gasteiger partial charge >= 0.3 is 5.69 Å². The van der Waals surface area contributed by atoms with Crippen LogP contribution in [-0.2, 0) is 6.54 Å². The molecule has 0 aliphatic heterocycles. The zero-order valence-corrected chi connectivity index (χ0v) is 14.6. The van der Waals surface area contributed by atoms with E-state index in [1.165, 1.54) is 0 Å². The maximum absolute atomic E-state index is 12.5. The average molecular weight is 346 g/mol. The maximum atomic E-state index is 12.5. The highest BCUT2D eigenvalue weighted by molar-refractivity contribution is 5.80. The lowest BCUT2D eigenvalue weighted by Crippen LogP contribution is -2.17. The number of rotatable bonds is 4. The molecule has 1 aromatic carbocycles. The molecule has 26 heavy (non-hydrogen) atoms. The van der Waals surface area contributed by atoms with E-state index in [2.05, 4.69) is 15.0 Å². The number of nitrogens with one attached hydrogen (secondary N) is 1. The zero-order valence-electron chi connectivity index (χ0n) is 14.6. The van der Waals surface area contributed by atoms with E-state index >= 15 is 0 Å². The summed E-state index contributed by atoms with van der Waals surface area (Å²) in [6, 6.07) is 13.5. The van der Waals surface area contributed by atoms with Gasteiger partial charge in [0.1, 0.15) is 5.75 Å². The molecular weight excluding hydrogens is 328 g/mol. The van der Waals surface area contributed by atoms with Crippen molar-refractivity contribution in [3.8, 4) is 16.9 Å². The van der Waals surface area contributed by atoms with E-state index in [1.807, 2.05) is 49.4 Å². The van der Waals surface area contributed by atoms with E-state index in [9.17, 15) is 4.79 Å². The van der Waals surface area contributed by atoms with Crippen molar-refractivity contribution in [2.45, 2.75) is 13.5 Å². The number of nitrogens with zero attached hydrogens (tertiary/aromatic N) is 3. The summed E-state index contributed by atoms with van der Waals surface area (Å²) >= 11 is 0. The first-order valence-corrected chi connectivity index (χ1v) is 8.29. The monoisotopic (exact) mass is 346 g/mol. The third-order valence-electron chi connectivity index (χ3n) is 4.43. The summed E-state index contributed by atoms with van der Waals surface area (Å²) in [4.78, 5) is 24.1. The number of aryl methyl sites for hydroxylation is 1. The van der Waals surface area contributed by atoms with Crippen molar-refractivity contribution in [2.75, 3.05) is 7.11 Å². The van der Waals surface area contributed by atoms with Gasteiger partial charge in [0.15, 0.2) is 5.65 Å². The van der Waals surface area contributed by atoms with Gasteiger partial charge in [-0.3, -0.25) is 9.55 Å². The SMILES string of the molecule is COc1ccc(Cn2c(=O)[nH]c3cc(-c4ccncc4)c(C)nc32)cc1. The number of pyridine rings is 2.